The summed E-state index contributed by atoms with van der Waals surface area (Å²) >= 11 is 0. The second kappa shape index (κ2) is 35.5. The number of nitrogens with two attached hydrogens (primary N) is 7. The number of hydrogen-bond donors (Lipinski definition) is 17. The summed E-state index contributed by atoms with van der Waals surface area (Å²) in [6.45, 7) is 4.73. The van der Waals surface area contributed by atoms with Crippen LogP contribution in [0.5, 0.6) is 0 Å². The summed E-state index contributed by atoms with van der Waals surface area (Å²) in [7, 11) is 0. The number of rotatable bonds is 35. The zero-order chi connectivity index (χ0) is 55.0. The zero-order valence-electron chi connectivity index (χ0n) is 42.3. The summed E-state index contributed by atoms with van der Waals surface area (Å²) in [5.41, 5.74) is 39.6. The van der Waals surface area contributed by atoms with Crippen molar-refractivity contribution in [2.45, 2.75) is 146 Å². The highest BCUT2D eigenvalue weighted by molar-refractivity contribution is 6.00. The van der Waals surface area contributed by atoms with Gasteiger partial charge in [-0.2, -0.15) is 0 Å². The average molecular weight is 1040 g/mol. The van der Waals surface area contributed by atoms with Gasteiger partial charge >= 0.3 is 0 Å². The molecule has 0 aliphatic carbocycles. The molecule has 0 aromatic rings. The SMILES string of the molecule is C/C=N\C=C(/C)C[C@H](NC(=O)[C@@H]1CCCN1C(=O)[C@@H](CCCN)NC(=O)CNC(=O)[C@H](C)NC(=O)[C@@H](NC(=O)[C@@H](N)CCCCN)[C@@H](O)CN)C(=O)N[C@@H](CCCCN)C(=O)N/C(=C\CCNC(=N)N)C(N)=O. The molecule has 0 aromatic heterocycles. The van der Waals surface area contributed by atoms with Crippen LogP contribution in [0.1, 0.15) is 97.8 Å². The number of aliphatic hydroxyl groups excluding tert-OH is 1. The Kier molecular flexibility index (Phi) is 31.3. The Hall–Kier alpha value is -6.59. The number of nitrogens with one attached hydrogen (secondary N) is 9. The third-order valence-electron chi connectivity index (χ3n) is 11.4. The van der Waals surface area contributed by atoms with E-state index < -0.39 is 115 Å². The van der Waals surface area contributed by atoms with Gasteiger partial charge in [0.25, 0.3) is 5.91 Å². The van der Waals surface area contributed by atoms with Crippen molar-refractivity contribution in [3.8, 4) is 0 Å². The minimum Gasteiger partial charge on any atom is -0.389 e. The molecule has 73 heavy (non-hydrogen) atoms. The van der Waals surface area contributed by atoms with E-state index in [4.69, 9.17) is 45.5 Å². The molecule has 0 unspecified atom stereocenters. The van der Waals surface area contributed by atoms with E-state index in [2.05, 4.69) is 47.5 Å². The van der Waals surface area contributed by atoms with E-state index in [1.807, 2.05) is 0 Å². The number of amides is 9. The molecule has 1 saturated heterocycles. The molecule has 1 fully saturated rings. The smallest absolute Gasteiger partial charge is 0.264 e. The van der Waals surface area contributed by atoms with Crippen molar-refractivity contribution in [2.75, 3.05) is 45.8 Å². The number of primary amides is 1. The van der Waals surface area contributed by atoms with Gasteiger partial charge in [0.05, 0.1) is 18.7 Å². The predicted octanol–water partition coefficient (Wildman–Crippen LogP) is -6.08. The number of aliphatic hydroxyl groups is 1. The Morgan fingerprint density at radius 3 is 2.01 bits per heavy atom. The fraction of sp³-hybridized carbons (Fsp3) is 0.667. The molecule has 1 heterocycles. The molecule has 28 heteroatoms. The molecule has 24 N–H and O–H groups in total. The van der Waals surface area contributed by atoms with Crippen LogP contribution >= 0.6 is 0 Å². The second-order valence-electron chi connectivity index (χ2n) is 17.5. The number of guanidine groups is 1. The van der Waals surface area contributed by atoms with Crippen molar-refractivity contribution in [1.29, 1.82) is 5.41 Å². The van der Waals surface area contributed by atoms with E-state index in [0.29, 0.717) is 50.8 Å². The van der Waals surface area contributed by atoms with Gasteiger partial charge in [0.2, 0.25) is 47.3 Å². The lowest BCUT2D eigenvalue weighted by Gasteiger charge is -2.30. The molecule has 0 aromatic carbocycles. The first-order valence-electron chi connectivity index (χ1n) is 24.5. The van der Waals surface area contributed by atoms with Crippen molar-refractivity contribution in [2.24, 2.45) is 45.1 Å². The summed E-state index contributed by atoms with van der Waals surface area (Å²) in [6, 6.07) is -8.65. The van der Waals surface area contributed by atoms with Gasteiger partial charge in [-0.1, -0.05) is 18.1 Å². The Morgan fingerprint density at radius 1 is 0.767 bits per heavy atom. The lowest BCUT2D eigenvalue weighted by molar-refractivity contribution is -0.142. The van der Waals surface area contributed by atoms with Gasteiger partial charge in [0, 0.05) is 32.0 Å². The molecule has 0 spiro atoms. The number of aliphatic imine (C=N–C) groups is 1. The number of likely N-dealkylation sites (tertiary alicyclic amines) is 1. The molecule has 9 amide bonds. The van der Waals surface area contributed by atoms with E-state index in [1.165, 1.54) is 30.3 Å². The van der Waals surface area contributed by atoms with Crippen molar-refractivity contribution in [1.82, 2.24) is 47.4 Å². The highest BCUT2D eigenvalue weighted by Gasteiger charge is 2.39. The maximum absolute atomic E-state index is 14.2. The summed E-state index contributed by atoms with van der Waals surface area (Å²) in [6.07, 6.45) is 6.28. The number of carbonyl (C=O) groups is 9. The Bertz CT molecular complexity index is 1950. The van der Waals surface area contributed by atoms with Crippen molar-refractivity contribution >= 4 is 65.3 Å². The number of carbonyl (C=O) groups excluding carboxylic acids is 9. The molecule has 28 nitrogen and oxygen atoms in total. The van der Waals surface area contributed by atoms with E-state index in [9.17, 15) is 48.3 Å². The normalized spacial score (nSPS) is 16.7. The van der Waals surface area contributed by atoms with Crippen LogP contribution < -0.4 is 82.7 Å². The Morgan fingerprint density at radius 2 is 1.41 bits per heavy atom. The molecule has 1 aliphatic rings. The Balaban J connectivity index is 3.23. The van der Waals surface area contributed by atoms with E-state index in [0.717, 1.165) is 0 Å². The van der Waals surface area contributed by atoms with Gasteiger partial charge in [-0.05, 0) is 111 Å². The zero-order valence-corrected chi connectivity index (χ0v) is 42.3. The topological polar surface area (TPSA) is 492 Å². The minimum absolute atomic E-state index is 0.0576. The van der Waals surface area contributed by atoms with Crippen LogP contribution in [0.15, 0.2) is 28.5 Å². The van der Waals surface area contributed by atoms with Crippen LogP contribution in [0.3, 0.4) is 0 Å². The molecular formula is C45H82N18O10. The lowest BCUT2D eigenvalue weighted by Crippen LogP contribution is -2.60. The number of hydrogen-bond acceptors (Lipinski definition) is 17. The van der Waals surface area contributed by atoms with Crippen LogP contribution in [0, 0.1) is 5.41 Å². The number of unbranched alkanes of at least 4 members (excludes halogenated alkanes) is 2. The standard InChI is InChI=1S/C45H82N18O10/c1-4-54-24-26(2)22-32(41(70)60-30(13-6-8-18-47)40(69)59-29(37(51)66)15-10-20-55-45(52)53)61-42(71)33-16-11-21-63(33)44(73)31(14-9-19-48)58-35(65)25-56-38(67)27(3)57-43(72)36(34(64)23-49)62-39(68)28(50)12-5-7-17-46/h4,15,24,27-28,30-34,36,64H,5-14,16-23,25,46-50H2,1-3H3,(H2,51,66)(H,56,67)(H,57,72)(H,58,65)(H,59,69)(H,60,70)(H,61,71)(H,62,68)(H4,52,53,55)/b26-24+,29-15-,54-4-/t27-,28-,30-,31+,32-,33-,34-,36-/m0/s1. The summed E-state index contributed by atoms with van der Waals surface area (Å²) in [4.78, 5) is 126. The van der Waals surface area contributed by atoms with Gasteiger partial charge in [-0.25, -0.2) is 0 Å². The number of nitrogens with zero attached hydrogens (tertiary/aromatic N) is 2. The molecule has 8 atom stereocenters. The van der Waals surface area contributed by atoms with Gasteiger partial charge in [-0.15, -0.1) is 0 Å². The first-order valence-corrected chi connectivity index (χ1v) is 24.5. The largest absolute Gasteiger partial charge is 0.389 e. The van der Waals surface area contributed by atoms with Crippen LogP contribution in [-0.2, 0) is 43.2 Å². The average Bonchev–Trinajstić information content (AvgIpc) is 3.85. The van der Waals surface area contributed by atoms with E-state index in [-0.39, 0.29) is 76.2 Å². The summed E-state index contributed by atoms with van der Waals surface area (Å²) in [5.74, 6) is -7.40. The van der Waals surface area contributed by atoms with Crippen molar-refractivity contribution in [3.05, 3.63) is 23.5 Å². The second-order valence-corrected chi connectivity index (χ2v) is 17.5. The highest BCUT2D eigenvalue weighted by Crippen LogP contribution is 2.21. The molecule has 0 saturated carbocycles. The van der Waals surface area contributed by atoms with Gasteiger partial charge < -0.3 is 92.7 Å². The van der Waals surface area contributed by atoms with Gasteiger partial charge in [0.15, 0.2) is 5.96 Å². The lowest BCUT2D eigenvalue weighted by atomic mass is 10.0. The molecule has 1 rings (SSSR count). The molecule has 1 aliphatic heterocycles. The maximum atomic E-state index is 14.2. The van der Waals surface area contributed by atoms with Crippen LogP contribution in [0.25, 0.3) is 0 Å². The monoisotopic (exact) mass is 1030 g/mol. The van der Waals surface area contributed by atoms with Gasteiger partial charge in [0.1, 0.15) is 41.9 Å². The Labute approximate surface area is 426 Å². The molecule has 0 radical (unpaired) electrons. The van der Waals surface area contributed by atoms with E-state index in [1.54, 1.807) is 13.8 Å². The predicted molar refractivity (Wildman–Crippen MR) is 273 cm³/mol. The van der Waals surface area contributed by atoms with Crippen LogP contribution in [0.4, 0.5) is 0 Å². The fourth-order valence-corrected chi connectivity index (χ4v) is 7.33. The quantitative estimate of drug-likeness (QED) is 0.0122. The van der Waals surface area contributed by atoms with E-state index >= 15 is 0 Å². The third kappa shape index (κ3) is 24.6. The fourth-order valence-electron chi connectivity index (χ4n) is 7.33. The molecule has 0 bridgehead atoms. The summed E-state index contributed by atoms with van der Waals surface area (Å²) in [5, 5.41) is 37.9. The van der Waals surface area contributed by atoms with Crippen molar-refractivity contribution < 1.29 is 48.3 Å². The summed E-state index contributed by atoms with van der Waals surface area (Å²) < 4.78 is 0. The first-order chi connectivity index (χ1) is 34.6. The molecular weight excluding hydrogens is 953 g/mol. The maximum Gasteiger partial charge on any atom is 0.264 e. The van der Waals surface area contributed by atoms with Gasteiger partial charge in [-0.3, -0.25) is 53.6 Å². The third-order valence-corrected chi connectivity index (χ3v) is 11.4. The molecule has 412 valence electrons. The highest BCUT2D eigenvalue weighted by atomic mass is 16.3. The first kappa shape index (κ1) is 64.4. The van der Waals surface area contributed by atoms with Crippen LogP contribution in [0.2, 0.25) is 0 Å². The van der Waals surface area contributed by atoms with Crippen LogP contribution in [-0.4, -0.2) is 170 Å². The van der Waals surface area contributed by atoms with Crippen molar-refractivity contribution in [3.63, 3.8) is 0 Å². The minimum atomic E-state index is -1.56.